The molecule has 0 spiro atoms. The molecule has 0 aromatic rings. The fourth-order valence-corrected chi connectivity index (χ4v) is 6.13. The van der Waals surface area contributed by atoms with E-state index < -0.39 is 75.2 Å². The zero-order valence-electron chi connectivity index (χ0n) is 27.9. The van der Waals surface area contributed by atoms with Crippen molar-refractivity contribution in [3.63, 3.8) is 0 Å². The molecular formula is C33H60NO12P. The van der Waals surface area contributed by atoms with Crippen molar-refractivity contribution >= 4 is 13.7 Å². The van der Waals surface area contributed by atoms with E-state index in [1.165, 1.54) is 31.8 Å². The molecule has 0 aliphatic heterocycles. The van der Waals surface area contributed by atoms with Crippen molar-refractivity contribution in [2.45, 2.75) is 159 Å². The Kier molecular flexibility index (Phi) is 22.8. The van der Waals surface area contributed by atoms with Crippen LogP contribution in [-0.2, 0) is 18.4 Å². The molecule has 9 N–H and O–H groups in total. The molecule has 0 aromatic carbocycles. The molecule has 13 nitrogen and oxygen atoms in total. The SMILES string of the molecule is C/C=C/CC/C=C/CC/C=C/C(O)C(COP(=O)(O)OC1C(O)C(O)C(O)C(O)C1O)NC(=O)CC(O)CCCCCCCCCC. The molecule has 0 radical (unpaired) electrons. The van der Waals surface area contributed by atoms with Crippen molar-refractivity contribution in [1.29, 1.82) is 0 Å². The summed E-state index contributed by atoms with van der Waals surface area (Å²) in [6.45, 7) is 3.37. The summed E-state index contributed by atoms with van der Waals surface area (Å²) in [6.07, 6.45) is 8.94. The van der Waals surface area contributed by atoms with Gasteiger partial charge >= 0.3 is 7.82 Å². The largest absolute Gasteiger partial charge is 0.472 e. The number of amides is 1. The van der Waals surface area contributed by atoms with Crippen molar-refractivity contribution in [2.24, 2.45) is 0 Å². The molecule has 1 saturated carbocycles. The Morgan fingerprint density at radius 2 is 1.30 bits per heavy atom. The molecular weight excluding hydrogens is 633 g/mol. The summed E-state index contributed by atoms with van der Waals surface area (Å²) >= 11 is 0. The predicted molar refractivity (Wildman–Crippen MR) is 178 cm³/mol. The monoisotopic (exact) mass is 693 g/mol. The molecule has 0 heterocycles. The summed E-state index contributed by atoms with van der Waals surface area (Å²) in [4.78, 5) is 23.1. The second-order valence-electron chi connectivity index (χ2n) is 12.2. The van der Waals surface area contributed by atoms with Gasteiger partial charge in [-0.05, 0) is 39.0 Å². The lowest BCUT2D eigenvalue weighted by atomic mass is 9.85. The second-order valence-corrected chi connectivity index (χ2v) is 13.6. The summed E-state index contributed by atoms with van der Waals surface area (Å²) in [7, 11) is -5.13. The van der Waals surface area contributed by atoms with Crippen LogP contribution in [0.25, 0.3) is 0 Å². The quantitative estimate of drug-likeness (QED) is 0.0382. The minimum Gasteiger partial charge on any atom is -0.393 e. The van der Waals surface area contributed by atoms with Gasteiger partial charge in [0.1, 0.15) is 36.6 Å². The number of nitrogens with one attached hydrogen (secondary N) is 1. The molecule has 1 aliphatic rings. The van der Waals surface area contributed by atoms with Crippen molar-refractivity contribution in [3.8, 4) is 0 Å². The normalized spacial score (nSPS) is 26.9. The average Bonchev–Trinajstić information content (AvgIpc) is 3.03. The van der Waals surface area contributed by atoms with Crippen LogP contribution < -0.4 is 5.32 Å². The molecule has 0 aromatic heterocycles. The van der Waals surface area contributed by atoms with E-state index in [4.69, 9.17) is 9.05 Å². The number of phosphoric ester groups is 1. The van der Waals surface area contributed by atoms with Gasteiger partial charge in [-0.2, -0.15) is 0 Å². The molecule has 47 heavy (non-hydrogen) atoms. The molecule has 0 saturated heterocycles. The number of unbranched alkanes of at least 4 members (excludes halogenated alkanes) is 9. The predicted octanol–water partition coefficient (Wildman–Crippen LogP) is 2.68. The lowest BCUT2D eigenvalue weighted by Gasteiger charge is -2.41. The van der Waals surface area contributed by atoms with E-state index in [0.717, 1.165) is 38.5 Å². The summed E-state index contributed by atoms with van der Waals surface area (Å²) in [6, 6.07) is -1.26. The van der Waals surface area contributed by atoms with E-state index >= 15 is 0 Å². The fourth-order valence-electron chi connectivity index (χ4n) is 5.16. The van der Waals surface area contributed by atoms with Gasteiger partial charge in [0.05, 0.1) is 31.3 Å². The minimum absolute atomic E-state index is 0.257. The molecule has 8 unspecified atom stereocenters. The number of phosphoric acid groups is 1. The Morgan fingerprint density at radius 3 is 1.87 bits per heavy atom. The van der Waals surface area contributed by atoms with Gasteiger partial charge in [-0.25, -0.2) is 4.57 Å². The first-order valence-electron chi connectivity index (χ1n) is 17.0. The fraction of sp³-hybridized carbons (Fsp3) is 0.788. The van der Waals surface area contributed by atoms with Gasteiger partial charge in [-0.15, -0.1) is 0 Å². The van der Waals surface area contributed by atoms with Gasteiger partial charge in [-0.1, -0.05) is 94.7 Å². The third-order valence-corrected chi connectivity index (χ3v) is 9.04. The lowest BCUT2D eigenvalue weighted by molar-refractivity contribution is -0.220. The van der Waals surface area contributed by atoms with Crippen molar-refractivity contribution in [2.75, 3.05) is 6.61 Å². The van der Waals surface area contributed by atoms with Crippen LogP contribution in [0.1, 0.15) is 104 Å². The van der Waals surface area contributed by atoms with E-state index in [1.54, 1.807) is 6.08 Å². The van der Waals surface area contributed by atoms with Gasteiger partial charge in [0.25, 0.3) is 0 Å². The highest BCUT2D eigenvalue weighted by Gasteiger charge is 2.51. The van der Waals surface area contributed by atoms with Gasteiger partial charge in [-0.3, -0.25) is 13.8 Å². The first-order chi connectivity index (χ1) is 22.3. The first-order valence-corrected chi connectivity index (χ1v) is 18.5. The maximum atomic E-state index is 12.8. The third-order valence-electron chi connectivity index (χ3n) is 8.05. The second kappa shape index (κ2) is 24.6. The Balaban J connectivity index is 2.77. The maximum Gasteiger partial charge on any atom is 0.472 e. The van der Waals surface area contributed by atoms with E-state index in [2.05, 4.69) is 24.4 Å². The smallest absolute Gasteiger partial charge is 0.393 e. The summed E-state index contributed by atoms with van der Waals surface area (Å²) in [5.41, 5.74) is 0. The van der Waals surface area contributed by atoms with E-state index in [9.17, 15) is 50.0 Å². The molecule has 8 atom stereocenters. The van der Waals surface area contributed by atoms with E-state index in [0.29, 0.717) is 19.3 Å². The zero-order chi connectivity index (χ0) is 35.2. The van der Waals surface area contributed by atoms with Crippen LogP contribution in [0.5, 0.6) is 0 Å². The number of rotatable bonds is 25. The number of hydrogen-bond acceptors (Lipinski definition) is 11. The topological polar surface area (TPSA) is 226 Å². The van der Waals surface area contributed by atoms with Gasteiger partial charge in [0.2, 0.25) is 5.91 Å². The molecule has 274 valence electrons. The Labute approximate surface area is 279 Å². The van der Waals surface area contributed by atoms with Gasteiger partial charge in [0, 0.05) is 0 Å². The number of allylic oxidation sites excluding steroid dienone is 5. The average molecular weight is 694 g/mol. The van der Waals surface area contributed by atoms with Crippen LogP contribution in [0, 0.1) is 0 Å². The first kappa shape index (κ1) is 43.5. The van der Waals surface area contributed by atoms with Crippen molar-refractivity contribution in [1.82, 2.24) is 5.32 Å². The number of aliphatic hydroxyl groups excluding tert-OH is 7. The third kappa shape index (κ3) is 18.2. The summed E-state index contributed by atoms with van der Waals surface area (Å²) in [5.74, 6) is -0.616. The Bertz CT molecular complexity index is 963. The summed E-state index contributed by atoms with van der Waals surface area (Å²) < 4.78 is 22.6. The van der Waals surface area contributed by atoms with Crippen LogP contribution in [-0.4, -0.2) is 108 Å². The van der Waals surface area contributed by atoms with Gasteiger partial charge < -0.3 is 46.0 Å². The van der Waals surface area contributed by atoms with Gasteiger partial charge in [0.15, 0.2) is 0 Å². The van der Waals surface area contributed by atoms with Crippen LogP contribution >= 0.6 is 7.82 Å². The molecule has 1 fully saturated rings. The Hall–Kier alpha value is -1.48. The molecule has 1 aliphatic carbocycles. The van der Waals surface area contributed by atoms with Crippen molar-refractivity contribution < 1.29 is 59.0 Å². The summed E-state index contributed by atoms with van der Waals surface area (Å²) in [5, 5.41) is 73.5. The maximum absolute atomic E-state index is 12.8. The number of carbonyl (C=O) groups excluding carboxylic acids is 1. The van der Waals surface area contributed by atoms with Crippen LogP contribution in [0.3, 0.4) is 0 Å². The van der Waals surface area contributed by atoms with Crippen LogP contribution in [0.15, 0.2) is 36.5 Å². The highest BCUT2D eigenvalue weighted by molar-refractivity contribution is 7.47. The molecule has 1 amide bonds. The number of carbonyl (C=O) groups is 1. The lowest BCUT2D eigenvalue weighted by Crippen LogP contribution is -2.64. The molecule has 14 heteroatoms. The highest BCUT2D eigenvalue weighted by atomic mass is 31.2. The Morgan fingerprint density at radius 1 is 0.787 bits per heavy atom. The van der Waals surface area contributed by atoms with Crippen LogP contribution in [0.4, 0.5) is 0 Å². The van der Waals surface area contributed by atoms with Crippen molar-refractivity contribution in [3.05, 3.63) is 36.5 Å². The minimum atomic E-state index is -5.13. The van der Waals surface area contributed by atoms with E-state index in [-0.39, 0.29) is 6.42 Å². The molecule has 0 bridgehead atoms. The standard InChI is InChI=1S/C33H60NO12P/c1-3-5-7-9-11-13-15-17-19-21-26(36)25(34-27(37)22-24(35)20-18-16-14-12-10-8-6-4-2)23-45-47(43,44)46-33-31(41)29(39)28(38)30(40)32(33)42/h3,5,11,13,19,21,24-26,28-33,35-36,38-42H,4,6-10,12,14-18,20,22-23H2,1-2H3,(H,34,37)(H,43,44)/b5-3+,13-11+,21-19+. The zero-order valence-corrected chi connectivity index (χ0v) is 28.8. The van der Waals surface area contributed by atoms with Crippen LogP contribution in [0.2, 0.25) is 0 Å². The number of hydrogen-bond donors (Lipinski definition) is 9. The molecule has 1 rings (SSSR count). The number of aliphatic hydroxyl groups is 7. The highest BCUT2D eigenvalue weighted by Crippen LogP contribution is 2.47. The van der Waals surface area contributed by atoms with E-state index in [1.807, 2.05) is 19.1 Å².